The van der Waals surface area contributed by atoms with Crippen molar-refractivity contribution in [2.75, 3.05) is 68.0 Å². The maximum absolute atomic E-state index is 16.3. The van der Waals surface area contributed by atoms with Gasteiger partial charge in [0.25, 0.3) is 5.91 Å². The zero-order valence-corrected chi connectivity index (χ0v) is 52.8. The topological polar surface area (TPSA) is 197 Å². The number of nitrogens with zero attached hydrogens (tertiary/aromatic N) is 8. The molecule has 17 nitrogen and oxygen atoms in total. The smallest absolute Gasteiger partial charge is 0.391 e. The molecule has 5 aromatic carbocycles. The monoisotopic (exact) mass is 1270 g/mol. The molecule has 0 saturated carbocycles. The van der Waals surface area contributed by atoms with Gasteiger partial charge in [-0.1, -0.05) is 93.6 Å². The molecule has 0 unspecified atom stereocenters. The highest BCUT2D eigenvalue weighted by atomic mass is 32.1. The number of aliphatic hydroxyl groups is 1. The van der Waals surface area contributed by atoms with Crippen LogP contribution in [0.3, 0.4) is 0 Å². The molecule has 2 aromatic heterocycles. The zero-order valence-electron chi connectivity index (χ0n) is 51.9. The number of hydrogen-bond acceptors (Lipinski definition) is 13. The normalized spacial score (nSPS) is 18.8. The molecule has 6 atom stereocenters. The van der Waals surface area contributed by atoms with Crippen molar-refractivity contribution in [1.29, 1.82) is 0 Å². The van der Waals surface area contributed by atoms with E-state index in [0.717, 1.165) is 50.5 Å². The first kappa shape index (κ1) is 65.3. The molecule has 3 aliphatic heterocycles. The van der Waals surface area contributed by atoms with E-state index in [2.05, 4.69) is 35.8 Å². The van der Waals surface area contributed by atoms with Crippen molar-refractivity contribution in [2.24, 2.45) is 5.41 Å². The molecule has 3 fully saturated rings. The number of aliphatic hydroxyl groups excluding tert-OH is 1. The van der Waals surface area contributed by atoms with Gasteiger partial charge in [0.2, 0.25) is 29.6 Å². The minimum atomic E-state index is -5.03. The second kappa shape index (κ2) is 27.0. The Morgan fingerprint density at radius 3 is 2.04 bits per heavy atom. The predicted molar refractivity (Wildman–Crippen MR) is 340 cm³/mol. The Balaban J connectivity index is 0.730. The predicted octanol–water partition coefficient (Wildman–Crippen LogP) is 10.1. The number of alkyl halides is 3. The standard InChI is InChI=1S/C68H74F5N11O6S/c1-39-35-83(36-40(2)80(39)8)57-32-55(70)53(31-56(57)78-63(88)52-21-20-50(69)29-54(52)68(71,72)73)49-33-74-66(75-34-49)82-24-22-81(23-25-82)60(87)28-44-10-9-11-48(26-44)46-14-12-43(13-15-46)27-59(86)79-62(67(5,6)7)65(90)84-37-51(85)30-58(84)64(89)77-41(3)45-16-18-47(19-17-45)61-42(4)76-38-91-61/h9-21,26,29,31-34,38-41,51,58,62,85H,22-25,27-28,30,35-37H2,1-8H3,(H,77,89)(H,78,88)(H,79,86)/t39-,40+,41-,51+,58-,62+/m0/s1. The lowest BCUT2D eigenvalue weighted by Gasteiger charge is -2.44. The fraction of sp³-hybridized carbons (Fsp3) is 0.382. The highest BCUT2D eigenvalue weighted by Crippen LogP contribution is 2.39. The lowest BCUT2D eigenvalue weighted by atomic mass is 9.85. The molecule has 0 bridgehead atoms. The largest absolute Gasteiger partial charge is 0.417 e. The number of amides is 5. The molecule has 5 amide bonds. The summed E-state index contributed by atoms with van der Waals surface area (Å²) in [5.74, 6) is -3.96. The molecular formula is C68H74F5N11O6S. The SMILES string of the molecule is Cc1ncsc1-c1ccc([C@H](C)NC(=O)[C@@H]2C[C@@H](O)CN2C(=O)[C@@H](NC(=O)Cc2ccc(-c3cccc(CC(=O)N4CCN(c5ncc(-c6cc(NC(=O)c7ccc(F)cc7C(F)(F)F)c(N7C[C@@H](C)N(C)[C@@H](C)C7)cc6F)cn5)CC4)c3)cc2)C(C)(C)C)cc1. The number of benzene rings is 5. The molecule has 7 aromatic rings. The van der Waals surface area contributed by atoms with Gasteiger partial charge in [-0.25, -0.2) is 23.7 Å². The molecule has 23 heteroatoms. The van der Waals surface area contributed by atoms with Crippen LogP contribution >= 0.6 is 11.3 Å². The minimum Gasteiger partial charge on any atom is -0.391 e. The van der Waals surface area contributed by atoms with Crippen molar-refractivity contribution >= 4 is 58.2 Å². The van der Waals surface area contributed by atoms with E-state index in [1.807, 2.05) is 138 Å². The van der Waals surface area contributed by atoms with E-state index < -0.39 is 70.3 Å². The van der Waals surface area contributed by atoms with Crippen LogP contribution in [-0.4, -0.2) is 147 Å². The highest BCUT2D eigenvalue weighted by Gasteiger charge is 2.45. The number of carbonyl (C=O) groups is 5. The first-order chi connectivity index (χ1) is 43.2. The summed E-state index contributed by atoms with van der Waals surface area (Å²) in [5, 5.41) is 19.3. The Morgan fingerprint density at radius 1 is 0.736 bits per heavy atom. The van der Waals surface area contributed by atoms with Crippen molar-refractivity contribution < 1.29 is 51.0 Å². The number of piperazine rings is 2. The Kier molecular flexibility index (Phi) is 19.4. The quantitative estimate of drug-likeness (QED) is 0.0670. The number of rotatable bonds is 16. The molecular weight excluding hydrogens is 1190 g/mol. The van der Waals surface area contributed by atoms with Crippen LogP contribution in [-0.2, 0) is 38.2 Å². The Morgan fingerprint density at radius 2 is 1.41 bits per heavy atom. The second-order valence-electron chi connectivity index (χ2n) is 25.0. The van der Waals surface area contributed by atoms with Gasteiger partial charge in [-0.3, -0.25) is 28.9 Å². The zero-order chi connectivity index (χ0) is 65.2. The minimum absolute atomic E-state index is 0.0121. The van der Waals surface area contributed by atoms with Crippen LogP contribution in [0.25, 0.3) is 32.7 Å². The number of carbonyl (C=O) groups excluding carboxylic acids is 5. The maximum atomic E-state index is 16.3. The van der Waals surface area contributed by atoms with Crippen LogP contribution in [0.5, 0.6) is 0 Å². The summed E-state index contributed by atoms with van der Waals surface area (Å²) in [6, 6.07) is 25.1. The van der Waals surface area contributed by atoms with Crippen LogP contribution in [0, 0.1) is 24.0 Å². The third-order valence-corrected chi connectivity index (χ3v) is 18.4. The molecule has 91 heavy (non-hydrogen) atoms. The molecule has 3 aliphatic rings. The van der Waals surface area contributed by atoms with E-state index in [0.29, 0.717) is 50.8 Å². The van der Waals surface area contributed by atoms with Gasteiger partial charge in [0.1, 0.15) is 23.7 Å². The van der Waals surface area contributed by atoms with Gasteiger partial charge < -0.3 is 40.7 Å². The Labute approximate surface area is 529 Å². The van der Waals surface area contributed by atoms with Crippen LogP contribution in [0.2, 0.25) is 0 Å². The number of likely N-dealkylation sites (N-methyl/N-ethyl adjacent to an activating group) is 1. The molecule has 478 valence electrons. The molecule has 5 heterocycles. The van der Waals surface area contributed by atoms with Crippen molar-refractivity contribution in [3.8, 4) is 32.7 Å². The van der Waals surface area contributed by atoms with Crippen LogP contribution in [0.15, 0.2) is 121 Å². The van der Waals surface area contributed by atoms with E-state index in [1.165, 1.54) is 29.4 Å². The number of aromatic nitrogens is 3. The lowest BCUT2D eigenvalue weighted by Crippen LogP contribution is -2.58. The van der Waals surface area contributed by atoms with Crippen molar-refractivity contribution in [1.82, 2.24) is 40.3 Å². The van der Waals surface area contributed by atoms with Crippen LogP contribution < -0.4 is 25.8 Å². The molecule has 0 radical (unpaired) electrons. The fourth-order valence-corrected chi connectivity index (χ4v) is 12.9. The first-order valence-corrected chi connectivity index (χ1v) is 31.2. The summed E-state index contributed by atoms with van der Waals surface area (Å²) in [4.78, 5) is 92.9. The average Bonchev–Trinajstić information content (AvgIpc) is 1.42. The molecule has 3 saturated heterocycles. The van der Waals surface area contributed by atoms with Gasteiger partial charge in [-0.05, 0) is 104 Å². The highest BCUT2D eigenvalue weighted by molar-refractivity contribution is 7.13. The summed E-state index contributed by atoms with van der Waals surface area (Å²) in [6.45, 7) is 15.7. The fourth-order valence-electron chi connectivity index (χ4n) is 12.0. The number of thiazole rings is 1. The average molecular weight is 1270 g/mol. The van der Waals surface area contributed by atoms with E-state index in [4.69, 9.17) is 0 Å². The Hall–Kier alpha value is -8.67. The van der Waals surface area contributed by atoms with Crippen LogP contribution in [0.4, 0.5) is 39.3 Å². The van der Waals surface area contributed by atoms with Gasteiger partial charge in [-0.2, -0.15) is 13.2 Å². The number of hydrogen-bond donors (Lipinski definition) is 4. The summed E-state index contributed by atoms with van der Waals surface area (Å²) >= 11 is 1.56. The second-order valence-corrected chi connectivity index (χ2v) is 25.9. The Bertz CT molecular complexity index is 3810. The summed E-state index contributed by atoms with van der Waals surface area (Å²) < 4.78 is 72.4. The lowest BCUT2D eigenvalue weighted by molar-refractivity contribution is -0.144. The number of nitrogens with one attached hydrogen (secondary N) is 3. The summed E-state index contributed by atoms with van der Waals surface area (Å²) in [5.41, 5.74) is 5.42. The van der Waals surface area contributed by atoms with E-state index in [9.17, 15) is 46.6 Å². The van der Waals surface area contributed by atoms with Crippen molar-refractivity contribution in [3.05, 3.63) is 166 Å². The summed E-state index contributed by atoms with van der Waals surface area (Å²) in [6.07, 6.45) is -2.93. The third-order valence-electron chi connectivity index (χ3n) is 17.4. The van der Waals surface area contributed by atoms with Gasteiger partial charge >= 0.3 is 6.18 Å². The van der Waals surface area contributed by atoms with Gasteiger partial charge in [0.05, 0.1) is 63.6 Å². The maximum Gasteiger partial charge on any atom is 0.417 e. The van der Waals surface area contributed by atoms with Gasteiger partial charge in [-0.15, -0.1) is 11.3 Å². The molecule has 10 rings (SSSR count). The number of likely N-dealkylation sites (tertiary alicyclic amines) is 1. The molecule has 0 aliphatic carbocycles. The van der Waals surface area contributed by atoms with Gasteiger partial charge in [0, 0.05) is 87.8 Å². The third kappa shape index (κ3) is 15.1. The number of aryl methyl sites for hydroxylation is 1. The van der Waals surface area contributed by atoms with Gasteiger partial charge in [0.15, 0.2) is 0 Å². The molecule has 4 N–H and O–H groups in total. The number of halogens is 5. The van der Waals surface area contributed by atoms with E-state index >= 15 is 4.39 Å². The molecule has 0 spiro atoms. The van der Waals surface area contributed by atoms with E-state index in [1.54, 1.807) is 21.7 Å². The van der Waals surface area contributed by atoms with Crippen molar-refractivity contribution in [2.45, 2.75) is 110 Å². The van der Waals surface area contributed by atoms with Crippen molar-refractivity contribution in [3.63, 3.8) is 0 Å². The number of anilines is 3. The number of β-amino-alcohol motifs (C(OH)–C–C–N with tert-alkyl or cyclic N) is 1. The summed E-state index contributed by atoms with van der Waals surface area (Å²) in [7, 11) is 1.96. The van der Waals surface area contributed by atoms with E-state index in [-0.39, 0.29) is 84.3 Å². The van der Waals surface area contributed by atoms with Crippen LogP contribution in [0.1, 0.15) is 92.3 Å². The first-order valence-electron chi connectivity index (χ1n) is 30.3.